The Bertz CT molecular complexity index is 727. The number of amides is 2. The first-order chi connectivity index (χ1) is 16.3. The number of primary amides is 1. The minimum absolute atomic E-state index is 0.00176. The summed E-state index contributed by atoms with van der Waals surface area (Å²) >= 11 is 0. The summed E-state index contributed by atoms with van der Waals surface area (Å²) in [6, 6.07) is 0. The summed E-state index contributed by atoms with van der Waals surface area (Å²) in [5.74, 6) is -0.517. The molecule has 0 saturated carbocycles. The first-order valence-electron chi connectivity index (χ1n) is 11.8. The number of hydrogen-bond donors (Lipinski definition) is 3. The van der Waals surface area contributed by atoms with Gasteiger partial charge in [-0.25, -0.2) is 14.1 Å². The van der Waals surface area contributed by atoms with Crippen molar-refractivity contribution in [1.82, 2.24) is 14.2 Å². The summed E-state index contributed by atoms with van der Waals surface area (Å²) in [6.45, 7) is 15.4. The molecule has 0 spiro atoms. The number of nitrogens with zero attached hydrogens (tertiary/aromatic N) is 3. The molecule has 0 radical (unpaired) electrons. The Kier molecular flexibility index (Phi) is 18.8. The average molecular weight is 563 g/mol. The second-order valence-electron chi connectivity index (χ2n) is 9.07. The number of rotatable bonds is 10. The van der Waals surface area contributed by atoms with E-state index < -0.39 is 27.0 Å². The quantitative estimate of drug-likeness (QED) is 0.333. The van der Waals surface area contributed by atoms with Crippen LogP contribution in [0.4, 0.5) is 4.79 Å². The van der Waals surface area contributed by atoms with Crippen molar-refractivity contribution in [3.8, 4) is 0 Å². The Hall–Kier alpha value is -1.04. The minimum atomic E-state index is -2.86. The van der Waals surface area contributed by atoms with Crippen LogP contribution >= 0.6 is 15.0 Å². The van der Waals surface area contributed by atoms with E-state index in [1.165, 1.54) is 11.3 Å². The fourth-order valence-corrected chi connectivity index (χ4v) is 5.91. The van der Waals surface area contributed by atoms with Gasteiger partial charge in [0, 0.05) is 45.6 Å². The average Bonchev–Trinajstić information content (AvgIpc) is 2.70. The molecule has 4 N–H and O–H groups in total. The van der Waals surface area contributed by atoms with Crippen LogP contribution in [0, 0.1) is 0 Å². The topological polar surface area (TPSA) is 172 Å². The molecular formula is C21H48N4O9P2. The normalized spacial score (nSPS) is 17.6. The van der Waals surface area contributed by atoms with Crippen molar-refractivity contribution in [2.45, 2.75) is 59.9 Å². The van der Waals surface area contributed by atoms with Gasteiger partial charge in [0.05, 0.1) is 25.4 Å². The van der Waals surface area contributed by atoms with E-state index in [2.05, 4.69) is 0 Å². The number of hydrogen-bond acceptors (Lipinski definition) is 9. The summed E-state index contributed by atoms with van der Waals surface area (Å²) in [4.78, 5) is 23.7. The van der Waals surface area contributed by atoms with E-state index in [0.717, 1.165) is 0 Å². The molecule has 0 aromatic carbocycles. The van der Waals surface area contributed by atoms with E-state index in [9.17, 15) is 18.7 Å². The highest BCUT2D eigenvalue weighted by Gasteiger charge is 2.32. The van der Waals surface area contributed by atoms with Gasteiger partial charge in [-0.15, -0.1) is 0 Å². The summed E-state index contributed by atoms with van der Waals surface area (Å²) in [5, 5.41) is 16.6. The number of aliphatic hydroxyl groups excluding tert-OH is 2. The zero-order valence-corrected chi connectivity index (χ0v) is 25.0. The van der Waals surface area contributed by atoms with Crippen molar-refractivity contribution in [2.24, 2.45) is 5.73 Å². The Morgan fingerprint density at radius 3 is 1.78 bits per heavy atom. The summed E-state index contributed by atoms with van der Waals surface area (Å²) in [5.41, 5.74) is 4.96. The molecule has 0 bridgehead atoms. The SMILES string of the molecule is CC(C)O.CC(C)OP(C)(=O)N(C)CC(N)=O.CC(C)OP(C)(=O)N1CCN(C(=O)OCCO)CC1. The monoisotopic (exact) mass is 562 g/mol. The number of aliphatic hydroxyl groups is 2. The Morgan fingerprint density at radius 1 is 0.972 bits per heavy atom. The number of likely N-dealkylation sites (N-methyl/N-ethyl adjacent to an activating group) is 1. The second-order valence-corrected chi connectivity index (χ2v) is 14.0. The zero-order chi connectivity index (χ0) is 28.7. The van der Waals surface area contributed by atoms with E-state index in [4.69, 9.17) is 29.7 Å². The smallest absolute Gasteiger partial charge is 0.409 e. The van der Waals surface area contributed by atoms with E-state index in [1.54, 1.807) is 51.0 Å². The van der Waals surface area contributed by atoms with Gasteiger partial charge in [-0.05, 0) is 48.6 Å². The number of piperazine rings is 1. The van der Waals surface area contributed by atoms with Gasteiger partial charge in [0.1, 0.15) is 6.61 Å². The van der Waals surface area contributed by atoms with Crippen molar-refractivity contribution in [3.63, 3.8) is 0 Å². The van der Waals surface area contributed by atoms with Gasteiger partial charge in [0.25, 0.3) is 15.0 Å². The lowest BCUT2D eigenvalue weighted by atomic mass is 10.4. The van der Waals surface area contributed by atoms with Crippen molar-refractivity contribution in [1.29, 1.82) is 0 Å². The molecule has 216 valence electrons. The molecule has 0 aromatic heterocycles. The molecule has 1 aliphatic rings. The molecule has 0 aliphatic carbocycles. The van der Waals surface area contributed by atoms with Crippen LogP contribution in [0.5, 0.6) is 0 Å². The summed E-state index contributed by atoms with van der Waals surface area (Å²) in [6.07, 6.45) is -0.834. The maximum atomic E-state index is 12.4. The maximum absolute atomic E-state index is 12.4. The Balaban J connectivity index is 0. The van der Waals surface area contributed by atoms with Gasteiger partial charge in [-0.3, -0.25) is 13.9 Å². The van der Waals surface area contributed by atoms with E-state index in [0.29, 0.717) is 26.2 Å². The van der Waals surface area contributed by atoms with Crippen LogP contribution in [0.2, 0.25) is 0 Å². The molecule has 0 aromatic rings. The van der Waals surface area contributed by atoms with Crippen LogP contribution in [0.15, 0.2) is 0 Å². The molecular weight excluding hydrogens is 514 g/mol. The molecule has 2 atom stereocenters. The van der Waals surface area contributed by atoms with E-state index in [-0.39, 0.29) is 38.1 Å². The third-order valence-electron chi connectivity index (χ3n) is 4.16. The molecule has 1 aliphatic heterocycles. The first-order valence-corrected chi connectivity index (χ1v) is 15.9. The lowest BCUT2D eigenvalue weighted by Crippen LogP contribution is -2.47. The van der Waals surface area contributed by atoms with Crippen LogP contribution in [-0.2, 0) is 27.7 Å². The number of carbonyl (C=O) groups excluding carboxylic acids is 2. The van der Waals surface area contributed by atoms with Gasteiger partial charge < -0.3 is 34.6 Å². The van der Waals surface area contributed by atoms with Gasteiger partial charge in [-0.2, -0.15) is 0 Å². The zero-order valence-electron chi connectivity index (χ0n) is 23.2. The fourth-order valence-electron chi connectivity index (χ4n) is 2.75. The second kappa shape index (κ2) is 18.3. The van der Waals surface area contributed by atoms with Gasteiger partial charge >= 0.3 is 6.09 Å². The van der Waals surface area contributed by atoms with Gasteiger partial charge in [-0.1, -0.05) is 0 Å². The molecule has 13 nitrogen and oxygen atoms in total. The highest BCUT2D eigenvalue weighted by Crippen LogP contribution is 2.48. The van der Waals surface area contributed by atoms with Crippen LogP contribution in [0.25, 0.3) is 0 Å². The highest BCUT2D eigenvalue weighted by atomic mass is 31.2. The van der Waals surface area contributed by atoms with E-state index >= 15 is 0 Å². The van der Waals surface area contributed by atoms with Crippen molar-refractivity contribution in [3.05, 3.63) is 0 Å². The van der Waals surface area contributed by atoms with Crippen LogP contribution in [0.1, 0.15) is 41.5 Å². The molecule has 2 amide bonds. The van der Waals surface area contributed by atoms with Crippen molar-refractivity contribution < 1.29 is 42.7 Å². The fraction of sp³-hybridized carbons (Fsp3) is 0.905. The third kappa shape index (κ3) is 18.2. The highest BCUT2D eigenvalue weighted by molar-refractivity contribution is 7.55. The Morgan fingerprint density at radius 2 is 1.42 bits per heavy atom. The molecule has 2 unspecified atom stereocenters. The molecule has 36 heavy (non-hydrogen) atoms. The maximum Gasteiger partial charge on any atom is 0.409 e. The molecule has 15 heteroatoms. The predicted octanol–water partition coefficient (Wildman–Crippen LogP) is 2.02. The lowest BCUT2D eigenvalue weighted by molar-refractivity contribution is -0.118. The molecule has 1 saturated heterocycles. The van der Waals surface area contributed by atoms with Crippen molar-refractivity contribution >= 4 is 27.0 Å². The minimum Gasteiger partial charge on any atom is -0.447 e. The van der Waals surface area contributed by atoms with Gasteiger partial charge in [0.2, 0.25) is 5.91 Å². The molecule has 1 heterocycles. The predicted molar refractivity (Wildman–Crippen MR) is 140 cm³/mol. The number of ether oxygens (including phenoxy) is 1. The lowest BCUT2D eigenvalue weighted by Gasteiger charge is -2.37. The molecule has 1 fully saturated rings. The van der Waals surface area contributed by atoms with Crippen LogP contribution in [0.3, 0.4) is 0 Å². The third-order valence-corrected chi connectivity index (χ3v) is 8.60. The Labute approximate surface area is 216 Å². The van der Waals surface area contributed by atoms with Crippen LogP contribution < -0.4 is 5.73 Å². The standard InChI is InChI=1S/C11H23N2O5P.C7H17N2O3P.C3H8O/c1-10(2)18-19(3,16)13-6-4-12(5-7-13)11(15)17-9-8-14;1-6(2)12-13(4,11)9(3)5-7(8)10;1-3(2)4/h10,14H,4-9H2,1-3H3;6H,5H2,1-4H3,(H2,8,10);3-4H,1-2H3. The van der Waals surface area contributed by atoms with Crippen LogP contribution in [-0.4, -0.2) is 121 Å². The largest absolute Gasteiger partial charge is 0.447 e. The first kappa shape index (κ1) is 37.1. The number of carbonyl (C=O) groups is 2. The van der Waals surface area contributed by atoms with E-state index in [1.807, 2.05) is 13.8 Å². The summed E-state index contributed by atoms with van der Waals surface area (Å²) in [7, 11) is -4.10. The molecule has 1 rings (SSSR count). The van der Waals surface area contributed by atoms with Crippen molar-refractivity contribution in [2.75, 3.05) is 66.3 Å². The summed E-state index contributed by atoms with van der Waals surface area (Å²) < 4.78 is 42.7. The number of nitrogens with two attached hydrogens (primary N) is 1. The van der Waals surface area contributed by atoms with Gasteiger partial charge in [0.15, 0.2) is 0 Å².